The van der Waals surface area contributed by atoms with Gasteiger partial charge in [0.2, 0.25) is 15.9 Å². The minimum Gasteiger partial charge on any atom is -0.323 e. The summed E-state index contributed by atoms with van der Waals surface area (Å²) in [6.07, 6.45) is 3.93. The molecule has 144 valence electrons. The first-order valence-corrected chi connectivity index (χ1v) is 10.5. The standard InChI is InChI=1S/C18H20ClN3O4S/c19-14-7-2-3-8-15(14)20-17(23)13-21-10-6-9-16(18(21)24)27(25,26)22-11-4-1-5-12-22/h2-3,6-10H,1,4-5,11-13H2,(H,20,23). The minimum absolute atomic E-state index is 0.308. The molecule has 9 heteroatoms. The van der Waals surface area contributed by atoms with Gasteiger partial charge in [-0.1, -0.05) is 30.2 Å². The summed E-state index contributed by atoms with van der Waals surface area (Å²) in [7, 11) is -3.87. The zero-order chi connectivity index (χ0) is 19.4. The molecule has 0 saturated carbocycles. The molecule has 0 aliphatic carbocycles. The molecule has 1 aliphatic rings. The molecule has 3 rings (SSSR count). The zero-order valence-electron chi connectivity index (χ0n) is 14.6. The van der Waals surface area contributed by atoms with E-state index in [2.05, 4.69) is 5.32 Å². The molecule has 0 atom stereocenters. The van der Waals surface area contributed by atoms with Gasteiger partial charge >= 0.3 is 0 Å². The summed E-state index contributed by atoms with van der Waals surface area (Å²) >= 11 is 6.01. The number of carbonyl (C=O) groups excluding carboxylic acids is 1. The van der Waals surface area contributed by atoms with E-state index in [0.717, 1.165) is 23.8 Å². The molecule has 0 radical (unpaired) electrons. The van der Waals surface area contributed by atoms with Crippen molar-refractivity contribution in [1.82, 2.24) is 8.87 Å². The van der Waals surface area contributed by atoms with Gasteiger partial charge in [0.1, 0.15) is 11.4 Å². The maximum atomic E-state index is 12.8. The molecule has 1 amide bonds. The lowest BCUT2D eigenvalue weighted by Gasteiger charge is -2.25. The average molecular weight is 410 g/mol. The van der Waals surface area contributed by atoms with E-state index >= 15 is 0 Å². The first-order chi connectivity index (χ1) is 12.9. The maximum absolute atomic E-state index is 12.8. The number of sulfonamides is 1. The van der Waals surface area contributed by atoms with Crippen LogP contribution in [-0.4, -0.2) is 36.3 Å². The van der Waals surface area contributed by atoms with E-state index in [0.29, 0.717) is 23.8 Å². The van der Waals surface area contributed by atoms with Crippen molar-refractivity contribution in [3.8, 4) is 0 Å². The van der Waals surface area contributed by atoms with Gasteiger partial charge in [0.25, 0.3) is 5.56 Å². The predicted octanol–water partition coefficient (Wildman–Crippen LogP) is 2.31. The van der Waals surface area contributed by atoms with Crippen molar-refractivity contribution >= 4 is 33.2 Å². The number of piperidine rings is 1. The molecule has 0 unspecified atom stereocenters. The van der Waals surface area contributed by atoms with Crippen LogP contribution in [0.1, 0.15) is 19.3 Å². The van der Waals surface area contributed by atoms with Gasteiger partial charge in [0, 0.05) is 19.3 Å². The van der Waals surface area contributed by atoms with Crippen LogP contribution in [0, 0.1) is 0 Å². The Bertz CT molecular complexity index is 998. The van der Waals surface area contributed by atoms with Crippen molar-refractivity contribution in [1.29, 1.82) is 0 Å². The van der Waals surface area contributed by atoms with E-state index < -0.39 is 21.5 Å². The fourth-order valence-electron chi connectivity index (χ4n) is 2.99. The van der Waals surface area contributed by atoms with E-state index in [-0.39, 0.29) is 11.4 Å². The van der Waals surface area contributed by atoms with Gasteiger partial charge in [-0.15, -0.1) is 0 Å². The fourth-order valence-corrected chi connectivity index (χ4v) is 4.78. The second-order valence-electron chi connectivity index (χ2n) is 6.30. The van der Waals surface area contributed by atoms with Crippen LogP contribution in [0.2, 0.25) is 5.02 Å². The molecule has 0 spiro atoms. The number of aromatic nitrogens is 1. The zero-order valence-corrected chi connectivity index (χ0v) is 16.2. The minimum atomic E-state index is -3.87. The molecule has 1 aliphatic heterocycles. The van der Waals surface area contributed by atoms with E-state index in [9.17, 15) is 18.0 Å². The van der Waals surface area contributed by atoms with Gasteiger partial charge in [-0.2, -0.15) is 4.31 Å². The first-order valence-electron chi connectivity index (χ1n) is 8.63. The van der Waals surface area contributed by atoms with Crippen molar-refractivity contribution in [2.45, 2.75) is 30.7 Å². The molecule has 2 heterocycles. The third kappa shape index (κ3) is 4.40. The van der Waals surface area contributed by atoms with Crippen LogP contribution in [0.25, 0.3) is 0 Å². The lowest BCUT2D eigenvalue weighted by Crippen LogP contribution is -2.39. The molecular weight excluding hydrogens is 390 g/mol. The summed E-state index contributed by atoms with van der Waals surface area (Å²) in [6.45, 7) is 0.501. The quantitative estimate of drug-likeness (QED) is 0.820. The van der Waals surface area contributed by atoms with Crippen molar-refractivity contribution in [3.63, 3.8) is 0 Å². The van der Waals surface area contributed by atoms with Gasteiger partial charge in [0.05, 0.1) is 10.7 Å². The second-order valence-corrected chi connectivity index (χ2v) is 8.61. The van der Waals surface area contributed by atoms with Gasteiger partial charge in [-0.25, -0.2) is 8.42 Å². The highest BCUT2D eigenvalue weighted by molar-refractivity contribution is 7.89. The molecule has 1 saturated heterocycles. The van der Waals surface area contributed by atoms with Crippen molar-refractivity contribution in [2.24, 2.45) is 0 Å². The van der Waals surface area contributed by atoms with Crippen molar-refractivity contribution in [2.75, 3.05) is 18.4 Å². The number of para-hydroxylation sites is 1. The van der Waals surface area contributed by atoms with Gasteiger partial charge in [-0.3, -0.25) is 9.59 Å². The third-order valence-corrected chi connectivity index (χ3v) is 6.62. The summed E-state index contributed by atoms with van der Waals surface area (Å²) < 4.78 is 28.0. The number of nitrogens with one attached hydrogen (secondary N) is 1. The molecule has 0 bridgehead atoms. The number of nitrogens with zero attached hydrogens (tertiary/aromatic N) is 2. The molecular formula is C18H20ClN3O4S. The number of carbonyl (C=O) groups is 1. The Kier molecular flexibility index (Phi) is 5.98. The lowest BCUT2D eigenvalue weighted by atomic mass is 10.2. The lowest BCUT2D eigenvalue weighted by molar-refractivity contribution is -0.116. The monoisotopic (exact) mass is 409 g/mol. The third-order valence-electron chi connectivity index (χ3n) is 4.38. The van der Waals surface area contributed by atoms with Gasteiger partial charge in [-0.05, 0) is 37.1 Å². The predicted molar refractivity (Wildman–Crippen MR) is 103 cm³/mol. The van der Waals surface area contributed by atoms with Crippen LogP contribution in [0.15, 0.2) is 52.3 Å². The number of hydrogen-bond acceptors (Lipinski definition) is 4. The fraction of sp³-hybridized carbons (Fsp3) is 0.333. The normalized spacial score (nSPS) is 15.4. The van der Waals surface area contributed by atoms with E-state index in [1.807, 2.05) is 0 Å². The summed E-state index contributed by atoms with van der Waals surface area (Å²) in [5, 5.41) is 2.99. The highest BCUT2D eigenvalue weighted by Gasteiger charge is 2.29. The Labute approximate surface area is 162 Å². The number of pyridine rings is 1. The number of hydrogen-bond donors (Lipinski definition) is 1. The second kappa shape index (κ2) is 8.24. The molecule has 7 nitrogen and oxygen atoms in total. The summed E-state index contributed by atoms with van der Waals surface area (Å²) in [5.41, 5.74) is -0.285. The molecule has 1 N–H and O–H groups in total. The SMILES string of the molecule is O=C(Cn1cccc(S(=O)(=O)N2CCCCC2)c1=O)Nc1ccccc1Cl. The van der Waals surface area contributed by atoms with Crippen molar-refractivity contribution in [3.05, 3.63) is 58.0 Å². The number of rotatable bonds is 5. The number of anilines is 1. The van der Waals surface area contributed by atoms with E-state index in [1.165, 1.54) is 22.6 Å². The Morgan fingerprint density at radius 2 is 1.78 bits per heavy atom. The van der Waals surface area contributed by atoms with E-state index in [4.69, 9.17) is 11.6 Å². The highest BCUT2D eigenvalue weighted by Crippen LogP contribution is 2.20. The van der Waals surface area contributed by atoms with Gasteiger partial charge in [0.15, 0.2) is 0 Å². The first kappa shape index (κ1) is 19.6. The summed E-state index contributed by atoms with van der Waals surface area (Å²) in [5.74, 6) is -0.474. The van der Waals surface area contributed by atoms with Crippen LogP contribution >= 0.6 is 11.6 Å². The molecule has 1 aromatic heterocycles. The van der Waals surface area contributed by atoms with E-state index in [1.54, 1.807) is 24.3 Å². The van der Waals surface area contributed by atoms with Crippen molar-refractivity contribution < 1.29 is 13.2 Å². The summed E-state index contributed by atoms with van der Waals surface area (Å²) in [4.78, 5) is 24.6. The maximum Gasteiger partial charge on any atom is 0.271 e. The number of benzene rings is 1. The Hall–Kier alpha value is -2.16. The topological polar surface area (TPSA) is 88.5 Å². The molecule has 1 fully saturated rings. The Morgan fingerprint density at radius 1 is 1.07 bits per heavy atom. The van der Waals surface area contributed by atoms with Crippen LogP contribution in [0.5, 0.6) is 0 Å². The summed E-state index contributed by atoms with van der Waals surface area (Å²) in [6, 6.07) is 9.47. The number of halogens is 1. The molecule has 1 aromatic carbocycles. The van der Waals surface area contributed by atoms with Gasteiger partial charge < -0.3 is 9.88 Å². The molecule has 2 aromatic rings. The van der Waals surface area contributed by atoms with Crippen LogP contribution < -0.4 is 10.9 Å². The van der Waals surface area contributed by atoms with Crippen LogP contribution in [0.3, 0.4) is 0 Å². The Morgan fingerprint density at radius 3 is 2.48 bits per heavy atom. The molecule has 27 heavy (non-hydrogen) atoms. The number of amides is 1. The highest BCUT2D eigenvalue weighted by atomic mass is 35.5. The average Bonchev–Trinajstić information content (AvgIpc) is 2.66. The largest absolute Gasteiger partial charge is 0.323 e. The Balaban J connectivity index is 1.82. The smallest absolute Gasteiger partial charge is 0.271 e. The van der Waals surface area contributed by atoms with Crippen LogP contribution in [0.4, 0.5) is 5.69 Å². The van der Waals surface area contributed by atoms with Crippen LogP contribution in [-0.2, 0) is 21.4 Å².